The maximum atomic E-state index is 13.5. The van der Waals surface area contributed by atoms with Gasteiger partial charge in [0.15, 0.2) is 5.96 Å². The Balaban J connectivity index is 1.66. The number of nitrogens with one attached hydrogen (secondary N) is 2. The van der Waals surface area contributed by atoms with E-state index in [1.807, 2.05) is 18.3 Å². The summed E-state index contributed by atoms with van der Waals surface area (Å²) in [6.07, 6.45) is 8.48. The Bertz CT molecular complexity index is 925. The summed E-state index contributed by atoms with van der Waals surface area (Å²) in [6, 6.07) is 6.64. The quantitative estimate of drug-likeness (QED) is 0.739. The number of piperidine rings is 1. The van der Waals surface area contributed by atoms with E-state index in [9.17, 15) is 4.39 Å². The van der Waals surface area contributed by atoms with Crippen LogP contribution in [0.15, 0.2) is 41.5 Å². The lowest BCUT2D eigenvalue weighted by Gasteiger charge is -2.29. The van der Waals surface area contributed by atoms with E-state index in [1.165, 1.54) is 12.1 Å². The van der Waals surface area contributed by atoms with Crippen LogP contribution in [-0.2, 0) is 5.54 Å². The zero-order valence-corrected chi connectivity index (χ0v) is 16.4. The molecule has 0 radical (unpaired) electrons. The zero-order chi connectivity index (χ0) is 19.1. The fourth-order valence-corrected chi connectivity index (χ4v) is 5.69. The second kappa shape index (κ2) is 6.97. The highest BCUT2D eigenvalue weighted by atomic mass is 32.1. The number of guanidine groups is 1. The highest BCUT2D eigenvalue weighted by molar-refractivity contribution is 7.12. The van der Waals surface area contributed by atoms with Gasteiger partial charge in [-0.15, -0.1) is 11.3 Å². The molecule has 1 aromatic carbocycles. The summed E-state index contributed by atoms with van der Waals surface area (Å²) < 4.78 is 13.5. The maximum absolute atomic E-state index is 13.5. The molecule has 3 aliphatic rings. The number of thiazole rings is 1. The van der Waals surface area contributed by atoms with Crippen LogP contribution in [0.5, 0.6) is 0 Å². The van der Waals surface area contributed by atoms with Crippen molar-refractivity contribution in [3.05, 3.63) is 52.2 Å². The van der Waals surface area contributed by atoms with Gasteiger partial charge in [0.25, 0.3) is 0 Å². The molecule has 1 unspecified atom stereocenters. The molecule has 1 atom stereocenters. The Morgan fingerprint density at radius 3 is 2.54 bits per heavy atom. The molecule has 1 aliphatic carbocycles. The van der Waals surface area contributed by atoms with Gasteiger partial charge in [0, 0.05) is 17.7 Å². The number of rotatable bonds is 4. The van der Waals surface area contributed by atoms with Crippen molar-refractivity contribution in [1.82, 2.24) is 15.6 Å². The SMILES string of the molecule is NC1=NC(c2sc(C3CCNCC3)nc2-c2ccc(F)cc2)(C2CC2)C=CN1. The average Bonchev–Trinajstić information content (AvgIpc) is 3.48. The summed E-state index contributed by atoms with van der Waals surface area (Å²) in [5.74, 6) is 1.10. The molecule has 5 rings (SSSR count). The number of halogens is 1. The van der Waals surface area contributed by atoms with Crippen LogP contribution < -0.4 is 16.4 Å². The summed E-state index contributed by atoms with van der Waals surface area (Å²) in [5.41, 5.74) is 7.48. The molecule has 0 spiro atoms. The molecule has 146 valence electrons. The first-order valence-electron chi connectivity index (χ1n) is 9.93. The van der Waals surface area contributed by atoms with Crippen molar-refractivity contribution in [2.24, 2.45) is 16.6 Å². The van der Waals surface area contributed by atoms with Crippen LogP contribution in [0.1, 0.15) is 41.5 Å². The molecule has 5 nitrogen and oxygen atoms in total. The molecule has 28 heavy (non-hydrogen) atoms. The molecule has 2 fully saturated rings. The molecular formula is C21H24FN5S. The molecule has 0 bridgehead atoms. The fourth-order valence-electron chi connectivity index (χ4n) is 4.24. The number of hydrogen-bond donors (Lipinski definition) is 3. The minimum Gasteiger partial charge on any atom is -0.370 e. The Morgan fingerprint density at radius 2 is 1.86 bits per heavy atom. The molecule has 1 saturated heterocycles. The van der Waals surface area contributed by atoms with Gasteiger partial charge in [-0.1, -0.05) is 0 Å². The summed E-state index contributed by atoms with van der Waals surface area (Å²) in [4.78, 5) is 11.1. The number of aromatic nitrogens is 1. The predicted octanol–water partition coefficient (Wildman–Crippen LogP) is 3.45. The van der Waals surface area contributed by atoms with E-state index in [0.717, 1.165) is 59.9 Å². The van der Waals surface area contributed by atoms with Crippen LogP contribution in [0.25, 0.3) is 11.3 Å². The van der Waals surface area contributed by atoms with Crippen LogP contribution in [0.3, 0.4) is 0 Å². The van der Waals surface area contributed by atoms with Crippen molar-refractivity contribution < 1.29 is 4.39 Å². The van der Waals surface area contributed by atoms with Crippen molar-refractivity contribution in [3.8, 4) is 11.3 Å². The van der Waals surface area contributed by atoms with Gasteiger partial charge >= 0.3 is 0 Å². The van der Waals surface area contributed by atoms with E-state index in [2.05, 4.69) is 16.7 Å². The highest BCUT2D eigenvalue weighted by Crippen LogP contribution is 2.54. The van der Waals surface area contributed by atoms with Crippen molar-refractivity contribution in [1.29, 1.82) is 0 Å². The lowest BCUT2D eigenvalue weighted by molar-refractivity contribution is 0.459. The summed E-state index contributed by atoms with van der Waals surface area (Å²) in [6.45, 7) is 2.04. The minimum atomic E-state index is -0.470. The van der Waals surface area contributed by atoms with Gasteiger partial charge in [-0.3, -0.25) is 0 Å². The Morgan fingerprint density at radius 1 is 1.11 bits per heavy atom. The molecule has 2 aromatic rings. The number of nitrogens with zero attached hydrogens (tertiary/aromatic N) is 2. The topological polar surface area (TPSA) is 75.3 Å². The first-order valence-corrected chi connectivity index (χ1v) is 10.7. The molecule has 1 aromatic heterocycles. The molecule has 4 N–H and O–H groups in total. The van der Waals surface area contributed by atoms with Gasteiger partial charge in [-0.25, -0.2) is 14.4 Å². The van der Waals surface area contributed by atoms with Crippen molar-refractivity contribution in [2.45, 2.75) is 37.1 Å². The highest BCUT2D eigenvalue weighted by Gasteiger charge is 2.49. The molecular weight excluding hydrogens is 373 g/mol. The summed E-state index contributed by atoms with van der Waals surface area (Å²) >= 11 is 1.77. The molecule has 3 heterocycles. The smallest absolute Gasteiger partial charge is 0.193 e. The lowest BCUT2D eigenvalue weighted by atomic mass is 9.88. The third-order valence-corrected chi connectivity index (χ3v) is 7.25. The van der Waals surface area contributed by atoms with E-state index in [4.69, 9.17) is 15.7 Å². The van der Waals surface area contributed by atoms with Gasteiger partial charge in [0.1, 0.15) is 11.4 Å². The Hall–Kier alpha value is -2.25. The Labute approximate surface area is 168 Å². The van der Waals surface area contributed by atoms with Gasteiger partial charge in [0.2, 0.25) is 0 Å². The van der Waals surface area contributed by atoms with E-state index >= 15 is 0 Å². The Kier molecular flexibility index (Phi) is 4.44. The summed E-state index contributed by atoms with van der Waals surface area (Å²) in [7, 11) is 0. The third-order valence-electron chi connectivity index (χ3n) is 5.89. The van der Waals surface area contributed by atoms with Crippen molar-refractivity contribution >= 4 is 17.3 Å². The predicted molar refractivity (Wildman–Crippen MR) is 111 cm³/mol. The van der Waals surface area contributed by atoms with E-state index < -0.39 is 5.54 Å². The number of benzene rings is 1. The molecule has 0 amide bonds. The first-order chi connectivity index (χ1) is 13.7. The standard InChI is InChI=1S/C21H24FN5S/c22-16-5-1-13(2-6-16)17-18(28-19(26-17)14-7-10-24-11-8-14)21(15-3-4-15)9-12-25-20(23)27-21/h1-2,5-6,9,12,14-15,24H,3-4,7-8,10-11H2,(H3,23,25,27). The fraction of sp³-hybridized carbons (Fsp3) is 0.429. The summed E-state index contributed by atoms with van der Waals surface area (Å²) in [5, 5.41) is 7.59. The largest absolute Gasteiger partial charge is 0.370 e. The van der Waals surface area contributed by atoms with Crippen LogP contribution in [0.2, 0.25) is 0 Å². The van der Waals surface area contributed by atoms with E-state index in [1.54, 1.807) is 11.3 Å². The van der Waals surface area contributed by atoms with Gasteiger partial charge in [-0.05, 0) is 75.0 Å². The van der Waals surface area contributed by atoms with Gasteiger partial charge in [0.05, 0.1) is 15.6 Å². The van der Waals surface area contributed by atoms with Crippen molar-refractivity contribution in [2.75, 3.05) is 13.1 Å². The number of hydrogen-bond acceptors (Lipinski definition) is 6. The minimum absolute atomic E-state index is 0.236. The van der Waals surface area contributed by atoms with Crippen molar-refractivity contribution in [3.63, 3.8) is 0 Å². The van der Waals surface area contributed by atoms with E-state index in [-0.39, 0.29) is 5.82 Å². The third kappa shape index (κ3) is 3.12. The molecule has 1 saturated carbocycles. The second-order valence-electron chi connectivity index (χ2n) is 7.84. The molecule has 7 heteroatoms. The van der Waals surface area contributed by atoms with Crippen LogP contribution in [0, 0.1) is 11.7 Å². The maximum Gasteiger partial charge on any atom is 0.193 e. The van der Waals surface area contributed by atoms with E-state index in [0.29, 0.717) is 17.8 Å². The monoisotopic (exact) mass is 397 g/mol. The first kappa shape index (κ1) is 17.8. The number of nitrogens with two attached hydrogens (primary N) is 1. The van der Waals surface area contributed by atoms with Crippen LogP contribution in [-0.4, -0.2) is 24.0 Å². The molecule has 2 aliphatic heterocycles. The van der Waals surface area contributed by atoms with Gasteiger partial charge < -0.3 is 16.4 Å². The number of aliphatic imine (C=N–C) groups is 1. The van der Waals surface area contributed by atoms with Gasteiger partial charge in [-0.2, -0.15) is 0 Å². The van der Waals surface area contributed by atoms with Crippen LogP contribution >= 0.6 is 11.3 Å². The normalized spacial score (nSPS) is 25.4. The van der Waals surface area contributed by atoms with Crippen LogP contribution in [0.4, 0.5) is 4.39 Å². The zero-order valence-electron chi connectivity index (χ0n) is 15.6. The second-order valence-corrected chi connectivity index (χ2v) is 8.87. The lowest BCUT2D eigenvalue weighted by Crippen LogP contribution is -2.38. The average molecular weight is 398 g/mol.